The summed E-state index contributed by atoms with van der Waals surface area (Å²) in [6.45, 7) is 10.2. The van der Waals surface area contributed by atoms with Crippen molar-refractivity contribution in [2.45, 2.75) is 45.6 Å². The van der Waals surface area contributed by atoms with E-state index in [1.54, 1.807) is 5.56 Å². The van der Waals surface area contributed by atoms with E-state index in [0.717, 1.165) is 13.1 Å². The average molecular weight is 246 g/mol. The Morgan fingerprint density at radius 2 is 1.94 bits per heavy atom. The van der Waals surface area contributed by atoms with Crippen LogP contribution in [0.2, 0.25) is 0 Å². The highest BCUT2D eigenvalue weighted by Crippen LogP contribution is 2.46. The van der Waals surface area contributed by atoms with Crippen LogP contribution in [0, 0.1) is 0 Å². The molecule has 0 saturated heterocycles. The topological polar surface area (TPSA) is 15.3 Å². The van der Waals surface area contributed by atoms with Crippen LogP contribution in [0.25, 0.3) is 0 Å². The Hall–Kier alpha value is -1.02. The van der Waals surface area contributed by atoms with E-state index in [9.17, 15) is 0 Å². The number of fused-ring (bicyclic) bond motifs is 1. The van der Waals surface area contributed by atoms with E-state index in [-0.39, 0.29) is 0 Å². The Kier molecular flexibility index (Phi) is 3.96. The molecule has 1 aromatic carbocycles. The molecule has 0 aromatic heterocycles. The second-order valence-corrected chi connectivity index (χ2v) is 5.34. The Balaban J connectivity index is 2.56. The molecule has 2 nitrogen and oxygen atoms in total. The van der Waals surface area contributed by atoms with E-state index in [2.05, 4.69) is 49.2 Å². The summed E-state index contributed by atoms with van der Waals surface area (Å²) < 4.78 is 0. The number of anilines is 1. The van der Waals surface area contributed by atoms with Crippen molar-refractivity contribution >= 4 is 5.69 Å². The highest BCUT2D eigenvalue weighted by atomic mass is 15.2. The maximum absolute atomic E-state index is 3.31. The van der Waals surface area contributed by atoms with E-state index in [0.29, 0.717) is 5.41 Å². The van der Waals surface area contributed by atoms with E-state index < -0.39 is 0 Å². The zero-order valence-electron chi connectivity index (χ0n) is 12.2. The molecule has 0 unspecified atom stereocenters. The van der Waals surface area contributed by atoms with E-state index in [4.69, 9.17) is 0 Å². The first-order valence-electron chi connectivity index (χ1n) is 7.24. The van der Waals surface area contributed by atoms with Crippen molar-refractivity contribution in [3.63, 3.8) is 0 Å². The quantitative estimate of drug-likeness (QED) is 0.857. The Labute approximate surface area is 111 Å². The third-order valence-corrected chi connectivity index (χ3v) is 4.60. The second-order valence-electron chi connectivity index (χ2n) is 5.34. The first kappa shape index (κ1) is 13.4. The molecule has 0 aliphatic carbocycles. The normalized spacial score (nSPS) is 17.0. The molecule has 0 amide bonds. The maximum Gasteiger partial charge on any atom is 0.0408 e. The van der Waals surface area contributed by atoms with Gasteiger partial charge < -0.3 is 10.2 Å². The molecule has 2 heteroatoms. The van der Waals surface area contributed by atoms with Gasteiger partial charge in [0.15, 0.2) is 0 Å². The molecule has 18 heavy (non-hydrogen) atoms. The van der Waals surface area contributed by atoms with E-state index in [1.807, 2.05) is 7.05 Å². The molecule has 0 atom stereocenters. The highest BCUT2D eigenvalue weighted by molar-refractivity contribution is 5.65. The zero-order chi connectivity index (χ0) is 13.2. The number of nitrogens with zero attached hydrogens (tertiary/aromatic N) is 1. The van der Waals surface area contributed by atoms with Gasteiger partial charge in [-0.25, -0.2) is 0 Å². The molecule has 0 saturated carbocycles. The fraction of sp³-hybridized carbons (Fsp3) is 0.625. The lowest BCUT2D eigenvalue weighted by Crippen LogP contribution is -2.33. The number of rotatable bonds is 5. The first-order chi connectivity index (χ1) is 8.72. The van der Waals surface area contributed by atoms with Crippen molar-refractivity contribution < 1.29 is 0 Å². The van der Waals surface area contributed by atoms with Gasteiger partial charge in [-0.2, -0.15) is 0 Å². The molecule has 0 spiro atoms. The van der Waals surface area contributed by atoms with Crippen molar-refractivity contribution in [1.29, 1.82) is 0 Å². The molecular formula is C16H26N2. The predicted octanol–water partition coefficient (Wildman–Crippen LogP) is 3.30. The second kappa shape index (κ2) is 5.31. The molecule has 1 N–H and O–H groups in total. The minimum Gasteiger partial charge on any atom is -0.371 e. The summed E-state index contributed by atoms with van der Waals surface area (Å²) >= 11 is 0. The zero-order valence-corrected chi connectivity index (χ0v) is 12.2. The first-order valence-corrected chi connectivity index (χ1v) is 7.24. The summed E-state index contributed by atoms with van der Waals surface area (Å²) in [5.74, 6) is 0. The third kappa shape index (κ3) is 1.93. The average Bonchev–Trinajstić information content (AvgIpc) is 2.75. The van der Waals surface area contributed by atoms with Gasteiger partial charge in [0.25, 0.3) is 0 Å². The lowest BCUT2D eigenvalue weighted by atomic mass is 9.75. The van der Waals surface area contributed by atoms with Crippen LogP contribution in [0.15, 0.2) is 18.2 Å². The maximum atomic E-state index is 3.31. The smallest absolute Gasteiger partial charge is 0.0408 e. The van der Waals surface area contributed by atoms with Gasteiger partial charge in [0.2, 0.25) is 0 Å². The minimum atomic E-state index is 0.360. The van der Waals surface area contributed by atoms with Gasteiger partial charge in [-0.15, -0.1) is 0 Å². The number of likely N-dealkylation sites (N-methyl/N-ethyl adjacent to an activating group) is 1. The lowest BCUT2D eigenvalue weighted by Gasteiger charge is -2.29. The molecular weight excluding hydrogens is 220 g/mol. The van der Waals surface area contributed by atoms with Gasteiger partial charge in [0.1, 0.15) is 0 Å². The van der Waals surface area contributed by atoms with Gasteiger partial charge in [-0.05, 0) is 44.0 Å². The summed E-state index contributed by atoms with van der Waals surface area (Å²) in [5, 5.41) is 3.31. The monoisotopic (exact) mass is 246 g/mol. The molecule has 1 heterocycles. The third-order valence-electron chi connectivity index (χ3n) is 4.60. The van der Waals surface area contributed by atoms with Gasteiger partial charge in [0, 0.05) is 30.7 Å². The van der Waals surface area contributed by atoms with Crippen LogP contribution >= 0.6 is 0 Å². The fourth-order valence-corrected chi connectivity index (χ4v) is 3.44. The van der Waals surface area contributed by atoms with Crippen LogP contribution < -0.4 is 10.2 Å². The minimum absolute atomic E-state index is 0.360. The molecule has 1 aliphatic heterocycles. The standard InChI is InChI=1S/C16H26N2/c1-5-16(6-2)12-18(7-3)14-10-8-9-13(11-17-4)15(14)16/h8-10,17H,5-7,11-12H2,1-4H3. The van der Waals surface area contributed by atoms with Gasteiger partial charge in [0.05, 0.1) is 0 Å². The number of hydrogen-bond acceptors (Lipinski definition) is 2. The van der Waals surface area contributed by atoms with Crippen molar-refractivity contribution in [3.8, 4) is 0 Å². The fourth-order valence-electron chi connectivity index (χ4n) is 3.44. The SMILES string of the molecule is CCN1CC(CC)(CC)c2c(CNC)cccc21. The Bertz CT molecular complexity index is 408. The lowest BCUT2D eigenvalue weighted by molar-refractivity contribution is 0.417. The van der Waals surface area contributed by atoms with E-state index in [1.165, 1.54) is 30.6 Å². The largest absolute Gasteiger partial charge is 0.371 e. The van der Waals surface area contributed by atoms with Crippen LogP contribution in [0.5, 0.6) is 0 Å². The summed E-state index contributed by atoms with van der Waals surface area (Å²) in [6.07, 6.45) is 2.46. The summed E-state index contributed by atoms with van der Waals surface area (Å²) in [4.78, 5) is 2.54. The van der Waals surface area contributed by atoms with Crippen LogP contribution in [0.1, 0.15) is 44.7 Å². The van der Waals surface area contributed by atoms with Gasteiger partial charge >= 0.3 is 0 Å². The summed E-state index contributed by atoms with van der Waals surface area (Å²) in [5.41, 5.74) is 4.91. The van der Waals surface area contributed by atoms with Crippen LogP contribution in [-0.2, 0) is 12.0 Å². The van der Waals surface area contributed by atoms with Crippen molar-refractivity contribution in [3.05, 3.63) is 29.3 Å². The van der Waals surface area contributed by atoms with Gasteiger partial charge in [-0.1, -0.05) is 26.0 Å². The molecule has 1 aromatic rings. The molecule has 0 radical (unpaired) electrons. The summed E-state index contributed by atoms with van der Waals surface area (Å²) in [7, 11) is 2.03. The van der Waals surface area contributed by atoms with E-state index >= 15 is 0 Å². The van der Waals surface area contributed by atoms with Crippen LogP contribution in [0.4, 0.5) is 5.69 Å². The van der Waals surface area contributed by atoms with Crippen LogP contribution in [-0.4, -0.2) is 20.1 Å². The Morgan fingerprint density at radius 1 is 1.22 bits per heavy atom. The molecule has 0 fully saturated rings. The predicted molar refractivity (Wildman–Crippen MR) is 79.4 cm³/mol. The van der Waals surface area contributed by atoms with Gasteiger partial charge in [-0.3, -0.25) is 0 Å². The highest BCUT2D eigenvalue weighted by Gasteiger charge is 2.40. The summed E-state index contributed by atoms with van der Waals surface area (Å²) in [6, 6.07) is 6.79. The molecule has 0 bridgehead atoms. The molecule has 1 aliphatic rings. The Morgan fingerprint density at radius 3 is 2.50 bits per heavy atom. The number of hydrogen-bond donors (Lipinski definition) is 1. The van der Waals surface area contributed by atoms with Crippen molar-refractivity contribution in [2.75, 3.05) is 25.0 Å². The molecule has 2 rings (SSSR count). The van der Waals surface area contributed by atoms with Crippen molar-refractivity contribution in [1.82, 2.24) is 5.32 Å². The van der Waals surface area contributed by atoms with Crippen molar-refractivity contribution in [2.24, 2.45) is 0 Å². The number of nitrogens with one attached hydrogen (secondary N) is 1. The van der Waals surface area contributed by atoms with Crippen LogP contribution in [0.3, 0.4) is 0 Å². The molecule has 100 valence electrons. The number of benzene rings is 1.